The Morgan fingerprint density at radius 1 is 0.871 bits per heavy atom. The Kier molecular flexibility index (Phi) is 4.81. The van der Waals surface area contributed by atoms with Crippen LogP contribution in [0.15, 0.2) is 65.1 Å². The van der Waals surface area contributed by atoms with Crippen LogP contribution in [-0.4, -0.2) is 13.9 Å². The molecule has 4 aromatic rings. The molecule has 0 spiro atoms. The van der Waals surface area contributed by atoms with Gasteiger partial charge >= 0.3 is 15.6 Å². The van der Waals surface area contributed by atoms with Crippen molar-refractivity contribution >= 4 is 32.1 Å². The number of fused-ring (bicyclic) bond motifs is 3. The summed E-state index contributed by atoms with van der Waals surface area (Å²) in [7, 11) is -5.78. The summed E-state index contributed by atoms with van der Waals surface area (Å²) in [4.78, 5) is 0. The van der Waals surface area contributed by atoms with E-state index >= 15 is 0 Å². The number of rotatable bonds is 3. The Morgan fingerprint density at radius 3 is 2.23 bits per heavy atom. The molecule has 1 aromatic heterocycles. The zero-order valence-electron chi connectivity index (χ0n) is 16.9. The Labute approximate surface area is 177 Å². The van der Waals surface area contributed by atoms with Crippen LogP contribution < -0.4 is 4.18 Å². The van der Waals surface area contributed by atoms with Crippen molar-refractivity contribution in [2.45, 2.75) is 31.7 Å². The van der Waals surface area contributed by atoms with Crippen LogP contribution >= 0.6 is 0 Å². The summed E-state index contributed by atoms with van der Waals surface area (Å²) in [6, 6.07) is 17.7. The van der Waals surface area contributed by atoms with E-state index in [-0.39, 0.29) is 5.75 Å². The smallest absolute Gasteiger partial charge is 0.455 e. The number of furan rings is 1. The largest absolute Gasteiger partial charge is 0.534 e. The number of hydrogen-bond donors (Lipinski definition) is 0. The average Bonchev–Trinajstić information content (AvgIpc) is 3.05. The second kappa shape index (κ2) is 7.02. The highest BCUT2D eigenvalue weighted by molar-refractivity contribution is 7.88. The number of alkyl halides is 3. The Balaban J connectivity index is 1.90. The molecular formula is C23H19F3O4S. The van der Waals surface area contributed by atoms with Crippen LogP contribution in [0.3, 0.4) is 0 Å². The molecule has 0 atom stereocenters. The van der Waals surface area contributed by atoms with Gasteiger partial charge in [0.2, 0.25) is 0 Å². The lowest BCUT2D eigenvalue weighted by Crippen LogP contribution is -2.29. The van der Waals surface area contributed by atoms with Gasteiger partial charge in [0, 0.05) is 21.9 Å². The van der Waals surface area contributed by atoms with Crippen molar-refractivity contribution in [1.29, 1.82) is 0 Å². The molecule has 3 aromatic carbocycles. The van der Waals surface area contributed by atoms with E-state index < -0.39 is 21.0 Å². The molecule has 162 valence electrons. The van der Waals surface area contributed by atoms with E-state index in [0.29, 0.717) is 16.7 Å². The zero-order chi connectivity index (χ0) is 22.6. The first kappa shape index (κ1) is 21.2. The summed E-state index contributed by atoms with van der Waals surface area (Å²) in [6.45, 7) is 5.29. The standard InChI is InChI=1S/C23H19F3O4S/c1-22(2,3)18-13-14(11-12-20(18)30-31(27,28)23(24,25)26)15-8-6-9-17-16-7-4-5-10-19(16)29-21(15)17/h4-13H,1-3H3. The maximum atomic E-state index is 12.8. The minimum atomic E-state index is -5.78. The van der Waals surface area contributed by atoms with Crippen LogP contribution in [-0.2, 0) is 15.5 Å². The fraction of sp³-hybridized carbons (Fsp3) is 0.217. The maximum Gasteiger partial charge on any atom is 0.534 e. The van der Waals surface area contributed by atoms with E-state index in [9.17, 15) is 21.6 Å². The molecule has 31 heavy (non-hydrogen) atoms. The lowest BCUT2D eigenvalue weighted by atomic mass is 9.84. The van der Waals surface area contributed by atoms with Gasteiger partial charge < -0.3 is 8.60 Å². The van der Waals surface area contributed by atoms with E-state index in [1.807, 2.05) is 42.5 Å². The van der Waals surface area contributed by atoms with Crippen molar-refractivity contribution in [3.63, 3.8) is 0 Å². The number of halogens is 3. The maximum absolute atomic E-state index is 12.8. The van der Waals surface area contributed by atoms with Gasteiger partial charge in [-0.2, -0.15) is 21.6 Å². The number of hydrogen-bond acceptors (Lipinski definition) is 4. The molecule has 0 saturated heterocycles. The first-order valence-corrected chi connectivity index (χ1v) is 10.9. The summed E-state index contributed by atoms with van der Waals surface area (Å²) in [5.74, 6) is -0.356. The van der Waals surface area contributed by atoms with Crippen molar-refractivity contribution in [2.75, 3.05) is 0 Å². The molecule has 1 heterocycles. The lowest BCUT2D eigenvalue weighted by Gasteiger charge is -2.23. The second-order valence-electron chi connectivity index (χ2n) is 8.22. The van der Waals surface area contributed by atoms with Crippen molar-refractivity contribution in [2.24, 2.45) is 0 Å². The third-order valence-electron chi connectivity index (χ3n) is 4.99. The van der Waals surface area contributed by atoms with E-state index in [1.54, 1.807) is 26.8 Å². The molecule has 0 aliphatic carbocycles. The molecule has 8 heteroatoms. The highest BCUT2D eigenvalue weighted by Gasteiger charge is 2.49. The van der Waals surface area contributed by atoms with Crippen molar-refractivity contribution in [3.05, 3.63) is 66.2 Å². The molecule has 0 N–H and O–H groups in total. The van der Waals surface area contributed by atoms with Crippen molar-refractivity contribution < 1.29 is 30.2 Å². The van der Waals surface area contributed by atoms with Crippen molar-refractivity contribution in [1.82, 2.24) is 0 Å². The van der Waals surface area contributed by atoms with Gasteiger partial charge in [0.25, 0.3) is 0 Å². The van der Waals surface area contributed by atoms with Gasteiger partial charge in [0.1, 0.15) is 16.9 Å². The second-order valence-corrected chi connectivity index (χ2v) is 9.76. The van der Waals surface area contributed by atoms with Gasteiger partial charge in [-0.3, -0.25) is 0 Å². The molecule has 4 nitrogen and oxygen atoms in total. The highest BCUT2D eigenvalue weighted by atomic mass is 32.2. The molecule has 0 aliphatic rings. The van der Waals surface area contributed by atoms with Gasteiger partial charge in [-0.15, -0.1) is 0 Å². The summed E-state index contributed by atoms with van der Waals surface area (Å²) >= 11 is 0. The third kappa shape index (κ3) is 3.76. The van der Waals surface area contributed by atoms with Crippen LogP contribution in [0.2, 0.25) is 0 Å². The molecule has 4 rings (SSSR count). The van der Waals surface area contributed by atoms with E-state index in [0.717, 1.165) is 21.9 Å². The normalized spacial score (nSPS) is 13.1. The molecule has 0 unspecified atom stereocenters. The van der Waals surface area contributed by atoms with Gasteiger partial charge in [-0.25, -0.2) is 0 Å². The van der Waals surface area contributed by atoms with Gasteiger partial charge in [0.15, 0.2) is 0 Å². The average molecular weight is 448 g/mol. The quantitative estimate of drug-likeness (QED) is 0.256. The molecule has 0 fully saturated rings. The summed E-state index contributed by atoms with van der Waals surface area (Å²) < 4.78 is 72.2. The highest BCUT2D eigenvalue weighted by Crippen LogP contribution is 2.40. The third-order valence-corrected chi connectivity index (χ3v) is 5.95. The molecule has 0 saturated carbocycles. The Bertz CT molecular complexity index is 1390. The van der Waals surface area contributed by atoms with E-state index in [4.69, 9.17) is 4.42 Å². The van der Waals surface area contributed by atoms with Crippen LogP contribution in [0.4, 0.5) is 13.2 Å². The monoisotopic (exact) mass is 448 g/mol. The summed E-state index contributed by atoms with van der Waals surface area (Å²) in [5, 5.41) is 1.86. The topological polar surface area (TPSA) is 56.5 Å². The van der Waals surface area contributed by atoms with Gasteiger partial charge in [0.05, 0.1) is 0 Å². The number of para-hydroxylation sites is 2. The number of benzene rings is 3. The van der Waals surface area contributed by atoms with Gasteiger partial charge in [-0.1, -0.05) is 63.2 Å². The van der Waals surface area contributed by atoms with Crippen molar-refractivity contribution in [3.8, 4) is 16.9 Å². The van der Waals surface area contributed by atoms with Gasteiger partial charge in [-0.05, 0) is 29.2 Å². The van der Waals surface area contributed by atoms with E-state index in [1.165, 1.54) is 12.1 Å². The van der Waals surface area contributed by atoms with Crippen LogP contribution in [0.5, 0.6) is 5.75 Å². The first-order valence-electron chi connectivity index (χ1n) is 9.44. The minimum Gasteiger partial charge on any atom is -0.455 e. The van der Waals surface area contributed by atoms with E-state index in [2.05, 4.69) is 4.18 Å². The summed E-state index contributed by atoms with van der Waals surface area (Å²) in [5.41, 5.74) is -3.10. The van der Waals surface area contributed by atoms with Crippen LogP contribution in [0, 0.1) is 0 Å². The lowest BCUT2D eigenvalue weighted by molar-refractivity contribution is -0.0500. The molecule has 0 aliphatic heterocycles. The molecule has 0 amide bonds. The predicted molar refractivity (Wildman–Crippen MR) is 113 cm³/mol. The van der Waals surface area contributed by atoms with Crippen LogP contribution in [0.25, 0.3) is 33.1 Å². The van der Waals surface area contributed by atoms with Crippen LogP contribution in [0.1, 0.15) is 26.3 Å². The first-order chi connectivity index (χ1) is 14.4. The Morgan fingerprint density at radius 2 is 1.55 bits per heavy atom. The minimum absolute atomic E-state index is 0.325. The fourth-order valence-electron chi connectivity index (χ4n) is 3.50. The summed E-state index contributed by atoms with van der Waals surface area (Å²) in [6.07, 6.45) is 0. The zero-order valence-corrected chi connectivity index (χ0v) is 17.8. The predicted octanol–water partition coefficient (Wildman–Crippen LogP) is 6.78. The molecular weight excluding hydrogens is 429 g/mol. The molecule has 0 radical (unpaired) electrons. The SMILES string of the molecule is CC(C)(C)c1cc(-c2cccc3c2oc2ccccc23)ccc1OS(=O)(=O)C(F)(F)F. The fourth-order valence-corrected chi connectivity index (χ4v) is 3.97. The molecule has 0 bridgehead atoms. The Hall–Kier alpha value is -3.00.